The van der Waals surface area contributed by atoms with Crippen molar-refractivity contribution in [1.29, 1.82) is 0 Å². The van der Waals surface area contributed by atoms with Crippen LogP contribution in [0.15, 0.2) is 48.5 Å². The Hall–Kier alpha value is -3.55. The number of carbonyl (C=O) groups excluding carboxylic acids is 1. The Morgan fingerprint density at radius 3 is 2.28 bits per heavy atom. The number of imidazole rings is 2. The van der Waals surface area contributed by atoms with E-state index < -0.39 is 0 Å². The molecule has 0 aliphatic heterocycles. The Morgan fingerprint density at radius 2 is 1.50 bits per heavy atom. The number of aryl methyl sites for hydroxylation is 2. The Labute approximate surface area is 193 Å². The van der Waals surface area contributed by atoms with Gasteiger partial charge in [0, 0.05) is 5.56 Å². The standard InChI is InChI=1S/C23H18Cl2N6O/c1-11-8-17-18(9-12(11)2)28-23(27-17)31-21(32)13-6-7-16-19(10-13)29-22(26-16)30-20-14(24)4-3-5-15(20)25/h3-10H,1-2H3,(H2,26,29,30)(H2,27,28,31,32). The molecule has 7 nitrogen and oxygen atoms in total. The zero-order chi connectivity index (χ0) is 22.4. The maximum absolute atomic E-state index is 12.8. The van der Waals surface area contributed by atoms with Crippen LogP contribution in [0, 0.1) is 13.8 Å². The fraction of sp³-hybridized carbons (Fsp3) is 0.0870. The number of para-hydroxylation sites is 1. The second kappa shape index (κ2) is 7.85. The number of nitrogens with one attached hydrogen (secondary N) is 4. The van der Waals surface area contributed by atoms with E-state index >= 15 is 0 Å². The molecule has 0 aliphatic rings. The number of H-pyrrole nitrogens is 2. The molecule has 2 heterocycles. The maximum atomic E-state index is 12.8. The molecule has 32 heavy (non-hydrogen) atoms. The van der Waals surface area contributed by atoms with Crippen LogP contribution in [0.4, 0.5) is 17.6 Å². The summed E-state index contributed by atoms with van der Waals surface area (Å²) in [5.41, 5.74) is 6.39. The maximum Gasteiger partial charge on any atom is 0.258 e. The largest absolute Gasteiger partial charge is 0.324 e. The minimum absolute atomic E-state index is 0.286. The molecule has 1 amide bonds. The van der Waals surface area contributed by atoms with Gasteiger partial charge < -0.3 is 15.3 Å². The normalized spacial score (nSPS) is 11.2. The van der Waals surface area contributed by atoms with Gasteiger partial charge in [-0.2, -0.15) is 0 Å². The average molecular weight is 465 g/mol. The molecule has 0 aliphatic carbocycles. The van der Waals surface area contributed by atoms with Crippen LogP contribution in [0.25, 0.3) is 22.1 Å². The molecule has 160 valence electrons. The van der Waals surface area contributed by atoms with Crippen molar-refractivity contribution in [2.75, 3.05) is 10.6 Å². The molecule has 0 radical (unpaired) electrons. The summed E-state index contributed by atoms with van der Waals surface area (Å²) in [5.74, 6) is 0.578. The first-order valence-electron chi connectivity index (χ1n) is 9.86. The zero-order valence-electron chi connectivity index (χ0n) is 17.2. The fourth-order valence-electron chi connectivity index (χ4n) is 3.45. The number of fused-ring (bicyclic) bond motifs is 2. The highest BCUT2D eigenvalue weighted by Gasteiger charge is 2.13. The molecule has 2 aromatic heterocycles. The van der Waals surface area contributed by atoms with Crippen molar-refractivity contribution in [2.45, 2.75) is 13.8 Å². The Balaban J connectivity index is 1.39. The molecule has 0 bridgehead atoms. The van der Waals surface area contributed by atoms with Gasteiger partial charge in [0.15, 0.2) is 0 Å². The van der Waals surface area contributed by atoms with Crippen molar-refractivity contribution in [2.24, 2.45) is 0 Å². The molecular weight excluding hydrogens is 447 g/mol. The van der Waals surface area contributed by atoms with E-state index in [1.807, 2.05) is 26.0 Å². The Kier molecular flexibility index (Phi) is 5.00. The van der Waals surface area contributed by atoms with Gasteiger partial charge in [-0.1, -0.05) is 29.3 Å². The van der Waals surface area contributed by atoms with Crippen LogP contribution in [0.2, 0.25) is 10.0 Å². The van der Waals surface area contributed by atoms with Crippen LogP contribution in [0.5, 0.6) is 0 Å². The second-order valence-corrected chi connectivity index (χ2v) is 8.35. The molecule has 9 heteroatoms. The van der Waals surface area contributed by atoms with E-state index in [0.717, 1.165) is 27.7 Å². The van der Waals surface area contributed by atoms with Crippen LogP contribution >= 0.6 is 23.2 Å². The van der Waals surface area contributed by atoms with Crippen LogP contribution in [0.1, 0.15) is 21.5 Å². The fourth-order valence-corrected chi connectivity index (χ4v) is 3.94. The number of aromatic nitrogens is 4. The number of rotatable bonds is 4. The van der Waals surface area contributed by atoms with Gasteiger partial charge in [-0.15, -0.1) is 0 Å². The third-order valence-corrected chi connectivity index (χ3v) is 5.91. The number of halogens is 2. The monoisotopic (exact) mass is 464 g/mol. The summed E-state index contributed by atoms with van der Waals surface area (Å²) in [7, 11) is 0. The summed E-state index contributed by atoms with van der Waals surface area (Å²) >= 11 is 12.4. The van der Waals surface area contributed by atoms with Crippen LogP contribution in [-0.4, -0.2) is 25.8 Å². The number of hydrogen-bond acceptors (Lipinski definition) is 4. The quantitative estimate of drug-likeness (QED) is 0.248. The SMILES string of the molecule is Cc1cc2nc(NC(=O)c3ccc4[nH]c(Nc5c(Cl)cccc5Cl)nc4c3)[nH]c2cc1C. The average Bonchev–Trinajstić information content (AvgIpc) is 3.33. The van der Waals surface area contributed by atoms with Crippen molar-refractivity contribution >= 4 is 68.8 Å². The minimum atomic E-state index is -0.286. The molecule has 5 rings (SSSR count). The van der Waals surface area contributed by atoms with Gasteiger partial charge in [0.05, 0.1) is 37.8 Å². The van der Waals surface area contributed by atoms with Gasteiger partial charge in [-0.05, 0) is 67.4 Å². The van der Waals surface area contributed by atoms with Crippen LogP contribution in [0.3, 0.4) is 0 Å². The summed E-state index contributed by atoms with van der Waals surface area (Å²) in [5, 5.41) is 6.88. The van der Waals surface area contributed by atoms with Crippen molar-refractivity contribution < 1.29 is 4.79 Å². The number of benzene rings is 3. The first-order valence-corrected chi connectivity index (χ1v) is 10.6. The second-order valence-electron chi connectivity index (χ2n) is 7.53. The number of hydrogen-bond donors (Lipinski definition) is 4. The Morgan fingerprint density at radius 1 is 0.844 bits per heavy atom. The van der Waals surface area contributed by atoms with Crippen molar-refractivity contribution in [3.63, 3.8) is 0 Å². The topological polar surface area (TPSA) is 98.5 Å². The molecule has 0 unspecified atom stereocenters. The minimum Gasteiger partial charge on any atom is -0.324 e. The van der Waals surface area contributed by atoms with Crippen molar-refractivity contribution in [1.82, 2.24) is 19.9 Å². The molecule has 0 spiro atoms. The first kappa shape index (κ1) is 20.4. The number of carbonyl (C=O) groups is 1. The molecule has 0 saturated heterocycles. The summed E-state index contributed by atoms with van der Waals surface area (Å²) in [6.45, 7) is 4.07. The molecule has 0 atom stereocenters. The molecule has 3 aromatic carbocycles. The van der Waals surface area contributed by atoms with Gasteiger partial charge in [-0.3, -0.25) is 10.1 Å². The van der Waals surface area contributed by atoms with Crippen LogP contribution in [-0.2, 0) is 0 Å². The number of anilines is 3. The van der Waals surface area contributed by atoms with Gasteiger partial charge in [0.1, 0.15) is 0 Å². The third kappa shape index (κ3) is 3.77. The third-order valence-electron chi connectivity index (χ3n) is 5.28. The molecule has 4 N–H and O–H groups in total. The number of nitrogens with zero attached hydrogens (tertiary/aromatic N) is 2. The lowest BCUT2D eigenvalue weighted by molar-refractivity contribution is 0.102. The van der Waals surface area contributed by atoms with Gasteiger partial charge in [0.2, 0.25) is 11.9 Å². The predicted molar refractivity (Wildman–Crippen MR) is 129 cm³/mol. The van der Waals surface area contributed by atoms with Gasteiger partial charge in [0.25, 0.3) is 5.91 Å². The highest BCUT2D eigenvalue weighted by molar-refractivity contribution is 6.39. The highest BCUT2D eigenvalue weighted by Crippen LogP contribution is 2.32. The molecule has 5 aromatic rings. The Bertz CT molecular complexity index is 1440. The number of amides is 1. The van der Waals surface area contributed by atoms with E-state index in [1.165, 1.54) is 0 Å². The summed E-state index contributed by atoms with van der Waals surface area (Å²) in [4.78, 5) is 28.1. The van der Waals surface area contributed by atoms with E-state index in [9.17, 15) is 4.79 Å². The molecular formula is C23H18Cl2N6O. The van der Waals surface area contributed by atoms with E-state index in [4.69, 9.17) is 23.2 Å². The summed E-state index contributed by atoms with van der Waals surface area (Å²) < 4.78 is 0. The van der Waals surface area contributed by atoms with Gasteiger partial charge >= 0.3 is 0 Å². The van der Waals surface area contributed by atoms with E-state index in [2.05, 4.69) is 30.6 Å². The lowest BCUT2D eigenvalue weighted by Crippen LogP contribution is -2.12. The zero-order valence-corrected chi connectivity index (χ0v) is 18.7. The number of aromatic amines is 2. The predicted octanol–water partition coefficient (Wildman–Crippen LogP) is 6.36. The van der Waals surface area contributed by atoms with E-state index in [0.29, 0.717) is 38.7 Å². The molecule has 0 fully saturated rings. The van der Waals surface area contributed by atoms with Crippen molar-refractivity contribution in [3.05, 3.63) is 75.3 Å². The summed E-state index contributed by atoms with van der Waals surface area (Å²) in [6, 6.07) is 14.5. The van der Waals surface area contributed by atoms with Gasteiger partial charge in [-0.25, -0.2) is 9.97 Å². The van der Waals surface area contributed by atoms with Crippen molar-refractivity contribution in [3.8, 4) is 0 Å². The first-order chi connectivity index (χ1) is 15.4. The lowest BCUT2D eigenvalue weighted by Gasteiger charge is -2.06. The smallest absolute Gasteiger partial charge is 0.258 e. The summed E-state index contributed by atoms with van der Waals surface area (Å²) in [6.07, 6.45) is 0. The van der Waals surface area contributed by atoms with E-state index in [1.54, 1.807) is 36.4 Å². The van der Waals surface area contributed by atoms with E-state index in [-0.39, 0.29) is 5.91 Å². The molecule has 0 saturated carbocycles. The lowest BCUT2D eigenvalue weighted by atomic mass is 10.1. The van der Waals surface area contributed by atoms with Crippen LogP contribution < -0.4 is 10.6 Å². The highest BCUT2D eigenvalue weighted by atomic mass is 35.5.